The van der Waals surface area contributed by atoms with Gasteiger partial charge in [-0.05, 0) is 144 Å². The van der Waals surface area contributed by atoms with Crippen LogP contribution in [0.2, 0.25) is 0 Å². The average molecular weight is 726 g/mol. The van der Waals surface area contributed by atoms with E-state index in [1.54, 1.807) is 0 Å². The first-order valence-electron chi connectivity index (χ1n) is 20.2. The van der Waals surface area contributed by atoms with Crippen LogP contribution >= 0.6 is 0 Å². The molecular formula is C56H39N. The molecule has 1 unspecified atom stereocenters. The standard InChI is InChI=1S/C56H39N/c1-35-36(2)55(49-32-38-17-9-13-26-45(38)54(49)53(35)48-27-14-20-37-16-6-10-23-42(37)48)57(41-21-4-3-5-22-41)52-30-29-47-44-25-12-8-19-40(44)34-51(47)56(52)31-15-28-46-43-24-11-7-18-39(43)33-50(46)56/h3-31,33-34H,32H2,1-2H3. The van der Waals surface area contributed by atoms with Crippen LogP contribution in [0.1, 0.15) is 44.5 Å². The third kappa shape index (κ3) is 4.40. The van der Waals surface area contributed by atoms with Gasteiger partial charge in [0.25, 0.3) is 0 Å². The van der Waals surface area contributed by atoms with Gasteiger partial charge in [0.1, 0.15) is 0 Å². The van der Waals surface area contributed by atoms with E-state index in [1.807, 2.05) is 0 Å². The van der Waals surface area contributed by atoms with E-state index in [0.29, 0.717) is 0 Å². The van der Waals surface area contributed by atoms with Gasteiger partial charge in [-0.2, -0.15) is 0 Å². The Hall–Kier alpha value is -6.96. The summed E-state index contributed by atoms with van der Waals surface area (Å²) in [5.74, 6) is 0. The van der Waals surface area contributed by atoms with Crippen molar-refractivity contribution in [2.24, 2.45) is 5.41 Å². The Balaban J connectivity index is 1.18. The third-order valence-electron chi connectivity index (χ3n) is 13.3. The lowest BCUT2D eigenvalue weighted by Gasteiger charge is -2.47. The zero-order valence-electron chi connectivity index (χ0n) is 32.1. The number of nitrogens with zero attached hydrogens (tertiary/aromatic N) is 1. The van der Waals surface area contributed by atoms with Gasteiger partial charge in [0.2, 0.25) is 0 Å². The number of allylic oxidation sites excluding steroid dienone is 7. The molecule has 0 aromatic heterocycles. The van der Waals surface area contributed by atoms with Crippen LogP contribution in [0.25, 0.3) is 56.3 Å². The van der Waals surface area contributed by atoms with Gasteiger partial charge in [0.05, 0.1) is 11.1 Å². The molecule has 1 heteroatoms. The van der Waals surface area contributed by atoms with Gasteiger partial charge in [0, 0.05) is 17.8 Å². The Kier molecular flexibility index (Phi) is 6.81. The highest BCUT2D eigenvalue weighted by Crippen LogP contribution is 2.64. The highest BCUT2D eigenvalue weighted by Gasteiger charge is 2.51. The van der Waals surface area contributed by atoms with E-state index in [1.165, 1.54) is 111 Å². The van der Waals surface area contributed by atoms with Crippen LogP contribution in [-0.4, -0.2) is 0 Å². The maximum Gasteiger partial charge on any atom is 0.0803 e. The first kappa shape index (κ1) is 32.3. The van der Waals surface area contributed by atoms with Crippen LogP contribution in [0.15, 0.2) is 193 Å². The minimum atomic E-state index is -0.560. The normalized spacial score (nSPS) is 17.8. The van der Waals surface area contributed by atoms with Crippen molar-refractivity contribution in [3.63, 3.8) is 0 Å². The van der Waals surface area contributed by atoms with Crippen LogP contribution in [0, 0.1) is 19.3 Å². The molecule has 5 aliphatic carbocycles. The van der Waals surface area contributed by atoms with Crippen LogP contribution in [0.4, 0.5) is 11.4 Å². The van der Waals surface area contributed by atoms with Gasteiger partial charge < -0.3 is 4.90 Å². The second-order valence-electron chi connectivity index (χ2n) is 16.0. The fourth-order valence-corrected chi connectivity index (χ4v) is 10.7. The second kappa shape index (κ2) is 12.0. The fourth-order valence-electron chi connectivity index (χ4n) is 10.7. The van der Waals surface area contributed by atoms with Crippen LogP contribution in [-0.2, 0) is 6.42 Å². The summed E-state index contributed by atoms with van der Waals surface area (Å²) in [5.41, 5.74) is 24.3. The molecule has 0 saturated heterocycles. The van der Waals surface area contributed by atoms with E-state index in [0.717, 1.165) is 12.1 Å². The SMILES string of the molecule is Cc1c(C)c(N(C2=CC=C3C(=Cc4ccccc43)C23C=CC=C2C3=Cc3ccccc32)c2ccccc2)c2c(c1-c1cccc3ccccc13)-c1ccccc1C2. The topological polar surface area (TPSA) is 3.24 Å². The predicted octanol–water partition coefficient (Wildman–Crippen LogP) is 14.2. The lowest BCUT2D eigenvalue weighted by Crippen LogP contribution is -2.37. The van der Waals surface area contributed by atoms with E-state index in [9.17, 15) is 0 Å². The predicted molar refractivity (Wildman–Crippen MR) is 240 cm³/mol. The molecule has 1 spiro atoms. The van der Waals surface area contributed by atoms with Crippen molar-refractivity contribution in [2.75, 3.05) is 4.90 Å². The van der Waals surface area contributed by atoms with Crippen molar-refractivity contribution in [1.29, 1.82) is 0 Å². The van der Waals surface area contributed by atoms with Gasteiger partial charge in [-0.25, -0.2) is 0 Å². The molecule has 1 nitrogen and oxygen atoms in total. The van der Waals surface area contributed by atoms with Crippen LogP contribution in [0.3, 0.4) is 0 Å². The lowest BCUT2D eigenvalue weighted by molar-refractivity contribution is 0.675. The minimum Gasteiger partial charge on any atom is -0.312 e. The van der Waals surface area contributed by atoms with Crippen molar-refractivity contribution >= 4 is 45.4 Å². The molecular weight excluding hydrogens is 687 g/mol. The van der Waals surface area contributed by atoms with Crippen molar-refractivity contribution in [3.8, 4) is 22.3 Å². The lowest BCUT2D eigenvalue weighted by atomic mass is 9.63. The van der Waals surface area contributed by atoms with Crippen molar-refractivity contribution < 1.29 is 0 Å². The van der Waals surface area contributed by atoms with E-state index in [-0.39, 0.29) is 0 Å². The van der Waals surface area contributed by atoms with Gasteiger partial charge >= 0.3 is 0 Å². The largest absolute Gasteiger partial charge is 0.312 e. The number of anilines is 2. The zero-order chi connectivity index (χ0) is 37.8. The monoisotopic (exact) mass is 725 g/mol. The minimum absolute atomic E-state index is 0.560. The van der Waals surface area contributed by atoms with Crippen molar-refractivity contribution in [3.05, 3.63) is 237 Å². The summed E-state index contributed by atoms with van der Waals surface area (Å²) in [6, 6.07) is 53.7. The third-order valence-corrected chi connectivity index (χ3v) is 13.3. The van der Waals surface area contributed by atoms with Crippen molar-refractivity contribution in [1.82, 2.24) is 0 Å². The number of para-hydroxylation sites is 1. The summed E-state index contributed by atoms with van der Waals surface area (Å²) in [6.07, 6.45) is 17.8. The van der Waals surface area contributed by atoms with E-state index < -0.39 is 5.41 Å². The van der Waals surface area contributed by atoms with E-state index in [2.05, 4.69) is 207 Å². The quantitative estimate of drug-likeness (QED) is 0.175. The molecule has 0 aliphatic heterocycles. The van der Waals surface area contributed by atoms with Gasteiger partial charge in [0.15, 0.2) is 0 Å². The molecule has 0 saturated carbocycles. The van der Waals surface area contributed by atoms with E-state index in [4.69, 9.17) is 0 Å². The summed E-state index contributed by atoms with van der Waals surface area (Å²) >= 11 is 0. The molecule has 0 bridgehead atoms. The molecule has 0 N–H and O–H groups in total. The second-order valence-corrected chi connectivity index (χ2v) is 16.0. The molecule has 0 radical (unpaired) electrons. The molecule has 7 aromatic carbocycles. The summed E-state index contributed by atoms with van der Waals surface area (Å²) in [6.45, 7) is 4.73. The Bertz CT molecular complexity index is 3080. The van der Waals surface area contributed by atoms with Crippen LogP contribution in [0.5, 0.6) is 0 Å². The summed E-state index contributed by atoms with van der Waals surface area (Å²) in [5, 5.41) is 2.56. The highest BCUT2D eigenvalue weighted by atomic mass is 15.2. The molecule has 7 aromatic rings. The number of fused-ring (bicyclic) bond motifs is 12. The van der Waals surface area contributed by atoms with Gasteiger partial charge in [-0.3, -0.25) is 0 Å². The summed E-state index contributed by atoms with van der Waals surface area (Å²) in [7, 11) is 0. The average Bonchev–Trinajstić information content (AvgIpc) is 3.96. The van der Waals surface area contributed by atoms with E-state index >= 15 is 0 Å². The summed E-state index contributed by atoms with van der Waals surface area (Å²) < 4.78 is 0. The Morgan fingerprint density at radius 2 is 1.12 bits per heavy atom. The highest BCUT2D eigenvalue weighted by molar-refractivity contribution is 6.09. The molecule has 5 aliphatic rings. The molecule has 0 heterocycles. The molecule has 0 fully saturated rings. The number of rotatable bonds is 4. The van der Waals surface area contributed by atoms with Gasteiger partial charge in [-0.15, -0.1) is 0 Å². The first-order valence-corrected chi connectivity index (χ1v) is 20.2. The number of hydrogen-bond donors (Lipinski definition) is 0. The summed E-state index contributed by atoms with van der Waals surface area (Å²) in [4.78, 5) is 2.65. The molecule has 12 rings (SSSR count). The molecule has 57 heavy (non-hydrogen) atoms. The Labute approximate surface area is 334 Å². The number of benzene rings is 7. The fraction of sp³-hybridized carbons (Fsp3) is 0.0714. The Morgan fingerprint density at radius 3 is 1.89 bits per heavy atom. The van der Waals surface area contributed by atoms with Gasteiger partial charge in [-0.1, -0.05) is 158 Å². The Morgan fingerprint density at radius 1 is 0.509 bits per heavy atom. The first-order chi connectivity index (χ1) is 28.1. The number of hydrogen-bond acceptors (Lipinski definition) is 1. The maximum absolute atomic E-state index is 2.65. The van der Waals surface area contributed by atoms with Crippen LogP contribution < -0.4 is 4.90 Å². The smallest absolute Gasteiger partial charge is 0.0803 e. The molecule has 0 amide bonds. The zero-order valence-corrected chi connectivity index (χ0v) is 32.1. The van der Waals surface area contributed by atoms with Crippen molar-refractivity contribution in [2.45, 2.75) is 20.3 Å². The molecule has 268 valence electrons. The molecule has 1 atom stereocenters. The maximum atomic E-state index is 2.65.